The summed E-state index contributed by atoms with van der Waals surface area (Å²) in [6.07, 6.45) is 0. The number of hydrogen-bond donors (Lipinski definition) is 1. The van der Waals surface area contributed by atoms with Gasteiger partial charge in [0, 0.05) is 12.6 Å². The first kappa shape index (κ1) is 12.2. The van der Waals surface area contributed by atoms with E-state index in [1.807, 2.05) is 0 Å². The van der Waals surface area contributed by atoms with Crippen LogP contribution in [0.4, 0.5) is 10.1 Å². The van der Waals surface area contributed by atoms with Crippen molar-refractivity contribution in [3.8, 4) is 0 Å². The largest absolute Gasteiger partial charge is 0.462 e. The first-order valence-corrected chi connectivity index (χ1v) is 4.79. The van der Waals surface area contributed by atoms with Gasteiger partial charge in [-0.3, -0.25) is 4.79 Å². The summed E-state index contributed by atoms with van der Waals surface area (Å²) >= 11 is 0. The average Bonchev–Trinajstić information content (AvgIpc) is 2.20. The lowest BCUT2D eigenvalue weighted by Crippen LogP contribution is -2.10. The number of nitrogens with one attached hydrogen (secondary N) is 1. The Morgan fingerprint density at radius 2 is 2.12 bits per heavy atom. The van der Waals surface area contributed by atoms with Gasteiger partial charge in [-0.15, -0.1) is 0 Å². The van der Waals surface area contributed by atoms with Gasteiger partial charge in [0.1, 0.15) is 5.82 Å². The van der Waals surface area contributed by atoms with Crippen LogP contribution in [0.1, 0.15) is 24.2 Å². The third kappa shape index (κ3) is 3.05. The van der Waals surface area contributed by atoms with Crippen molar-refractivity contribution < 1.29 is 18.7 Å². The molecule has 0 aliphatic carbocycles. The van der Waals surface area contributed by atoms with Crippen molar-refractivity contribution in [2.24, 2.45) is 0 Å². The molecule has 5 heteroatoms. The molecule has 1 amide bonds. The van der Waals surface area contributed by atoms with Crippen molar-refractivity contribution in [2.45, 2.75) is 13.8 Å². The topological polar surface area (TPSA) is 55.4 Å². The Kier molecular flexibility index (Phi) is 3.99. The third-order valence-electron chi connectivity index (χ3n) is 1.78. The molecular weight excluding hydrogens is 213 g/mol. The number of benzene rings is 1. The summed E-state index contributed by atoms with van der Waals surface area (Å²) in [7, 11) is 0. The number of rotatable bonds is 3. The minimum Gasteiger partial charge on any atom is -0.462 e. The van der Waals surface area contributed by atoms with Crippen molar-refractivity contribution in [2.75, 3.05) is 11.9 Å². The zero-order valence-electron chi connectivity index (χ0n) is 9.04. The van der Waals surface area contributed by atoms with Crippen LogP contribution >= 0.6 is 0 Å². The second-order valence-corrected chi connectivity index (χ2v) is 3.10. The van der Waals surface area contributed by atoms with Crippen LogP contribution in [-0.2, 0) is 9.53 Å². The maximum Gasteiger partial charge on any atom is 0.341 e. The summed E-state index contributed by atoms with van der Waals surface area (Å²) < 4.78 is 17.9. The van der Waals surface area contributed by atoms with E-state index in [9.17, 15) is 14.0 Å². The zero-order chi connectivity index (χ0) is 12.1. The second kappa shape index (κ2) is 5.25. The van der Waals surface area contributed by atoms with E-state index in [2.05, 4.69) is 10.1 Å². The molecule has 0 aromatic heterocycles. The molecular formula is C11H12FNO3. The van der Waals surface area contributed by atoms with Crippen molar-refractivity contribution in [1.82, 2.24) is 0 Å². The van der Waals surface area contributed by atoms with Crippen LogP contribution in [0, 0.1) is 5.82 Å². The van der Waals surface area contributed by atoms with E-state index in [0.29, 0.717) is 5.69 Å². The van der Waals surface area contributed by atoms with Gasteiger partial charge in [0.05, 0.1) is 12.2 Å². The molecule has 1 aromatic carbocycles. The highest BCUT2D eigenvalue weighted by atomic mass is 19.1. The van der Waals surface area contributed by atoms with Gasteiger partial charge in [-0.25, -0.2) is 9.18 Å². The monoisotopic (exact) mass is 225 g/mol. The van der Waals surface area contributed by atoms with Crippen molar-refractivity contribution >= 4 is 17.6 Å². The van der Waals surface area contributed by atoms with Gasteiger partial charge in [-0.1, -0.05) is 0 Å². The number of halogens is 1. The fourth-order valence-electron chi connectivity index (χ4n) is 1.17. The minimum atomic E-state index is -0.743. The van der Waals surface area contributed by atoms with E-state index in [1.54, 1.807) is 6.92 Å². The molecule has 0 atom stereocenters. The van der Waals surface area contributed by atoms with Gasteiger partial charge in [0.25, 0.3) is 0 Å². The van der Waals surface area contributed by atoms with E-state index < -0.39 is 11.8 Å². The first-order chi connectivity index (χ1) is 7.54. The summed E-state index contributed by atoms with van der Waals surface area (Å²) in [6, 6.07) is 3.73. The van der Waals surface area contributed by atoms with Crippen molar-refractivity contribution in [3.63, 3.8) is 0 Å². The zero-order valence-corrected chi connectivity index (χ0v) is 9.04. The van der Waals surface area contributed by atoms with Gasteiger partial charge >= 0.3 is 5.97 Å². The SMILES string of the molecule is CCOC(=O)c1cc(NC(C)=O)ccc1F. The number of carbonyl (C=O) groups is 2. The molecule has 0 saturated heterocycles. The molecule has 0 fully saturated rings. The van der Waals surface area contributed by atoms with Gasteiger partial charge in [0.15, 0.2) is 0 Å². The Morgan fingerprint density at radius 3 is 2.69 bits per heavy atom. The molecule has 0 saturated carbocycles. The molecule has 16 heavy (non-hydrogen) atoms. The second-order valence-electron chi connectivity index (χ2n) is 3.10. The lowest BCUT2D eigenvalue weighted by Gasteiger charge is -2.06. The smallest absolute Gasteiger partial charge is 0.341 e. The normalized spacial score (nSPS) is 9.69. The Labute approximate surface area is 92.4 Å². The number of amides is 1. The first-order valence-electron chi connectivity index (χ1n) is 4.79. The Balaban J connectivity index is 2.98. The molecule has 1 rings (SSSR count). The van der Waals surface area contributed by atoms with Gasteiger partial charge in [-0.05, 0) is 25.1 Å². The Morgan fingerprint density at radius 1 is 1.44 bits per heavy atom. The third-order valence-corrected chi connectivity index (χ3v) is 1.78. The summed E-state index contributed by atoms with van der Waals surface area (Å²) in [5.41, 5.74) is 0.171. The lowest BCUT2D eigenvalue weighted by atomic mass is 10.2. The summed E-state index contributed by atoms with van der Waals surface area (Å²) in [5, 5.41) is 2.46. The number of anilines is 1. The Bertz CT molecular complexity index is 418. The molecule has 86 valence electrons. The standard InChI is InChI=1S/C11H12FNO3/c1-3-16-11(15)9-6-8(13-7(2)14)4-5-10(9)12/h4-6H,3H2,1-2H3,(H,13,14). The van der Waals surface area contributed by atoms with Crippen molar-refractivity contribution in [1.29, 1.82) is 0 Å². The van der Waals surface area contributed by atoms with Gasteiger partial charge < -0.3 is 10.1 Å². The van der Waals surface area contributed by atoms with Gasteiger partial charge in [-0.2, -0.15) is 0 Å². The fourth-order valence-corrected chi connectivity index (χ4v) is 1.17. The molecule has 0 spiro atoms. The van der Waals surface area contributed by atoms with Crippen molar-refractivity contribution in [3.05, 3.63) is 29.6 Å². The van der Waals surface area contributed by atoms with Crippen LogP contribution in [0.3, 0.4) is 0 Å². The number of ether oxygens (including phenoxy) is 1. The van der Waals surface area contributed by atoms with E-state index in [4.69, 9.17) is 0 Å². The molecule has 0 radical (unpaired) electrons. The number of carbonyl (C=O) groups excluding carboxylic acids is 2. The summed E-state index contributed by atoms with van der Waals surface area (Å²) in [6.45, 7) is 3.13. The summed E-state index contributed by atoms with van der Waals surface area (Å²) in [4.78, 5) is 22.1. The Hall–Kier alpha value is -1.91. The fraction of sp³-hybridized carbons (Fsp3) is 0.273. The highest BCUT2D eigenvalue weighted by Crippen LogP contribution is 2.15. The molecule has 1 aromatic rings. The molecule has 0 unspecified atom stereocenters. The average molecular weight is 225 g/mol. The highest BCUT2D eigenvalue weighted by molar-refractivity contribution is 5.93. The predicted molar refractivity (Wildman–Crippen MR) is 56.7 cm³/mol. The maximum atomic E-state index is 13.3. The van der Waals surface area contributed by atoms with Crippen LogP contribution in [0.15, 0.2) is 18.2 Å². The summed E-state index contributed by atoms with van der Waals surface area (Å²) in [5.74, 6) is -1.71. The van der Waals surface area contributed by atoms with Crippen LogP contribution < -0.4 is 5.32 Å². The highest BCUT2D eigenvalue weighted by Gasteiger charge is 2.13. The van der Waals surface area contributed by atoms with Crippen LogP contribution in [0.2, 0.25) is 0 Å². The minimum absolute atomic E-state index is 0.169. The van der Waals surface area contributed by atoms with Gasteiger partial charge in [0.2, 0.25) is 5.91 Å². The van der Waals surface area contributed by atoms with E-state index in [-0.39, 0.29) is 18.1 Å². The molecule has 0 heterocycles. The molecule has 1 N–H and O–H groups in total. The number of esters is 1. The van der Waals surface area contributed by atoms with Crippen LogP contribution in [0.25, 0.3) is 0 Å². The predicted octanol–water partition coefficient (Wildman–Crippen LogP) is 1.96. The molecule has 0 aliphatic rings. The van der Waals surface area contributed by atoms with Crippen LogP contribution in [0.5, 0.6) is 0 Å². The van der Waals surface area contributed by atoms with E-state index in [1.165, 1.54) is 19.1 Å². The lowest BCUT2D eigenvalue weighted by molar-refractivity contribution is -0.114. The van der Waals surface area contributed by atoms with E-state index >= 15 is 0 Å². The number of hydrogen-bond acceptors (Lipinski definition) is 3. The molecule has 4 nitrogen and oxygen atoms in total. The van der Waals surface area contributed by atoms with E-state index in [0.717, 1.165) is 6.07 Å². The molecule has 0 bridgehead atoms. The quantitative estimate of drug-likeness (QED) is 0.800. The van der Waals surface area contributed by atoms with Crippen LogP contribution in [-0.4, -0.2) is 18.5 Å². The molecule has 0 aliphatic heterocycles. The maximum absolute atomic E-state index is 13.3.